The molecule has 6 nitrogen and oxygen atoms in total. The topological polar surface area (TPSA) is 87.5 Å². The van der Waals surface area contributed by atoms with E-state index in [0.717, 1.165) is 30.6 Å². The van der Waals surface area contributed by atoms with Gasteiger partial charge in [-0.3, -0.25) is 9.69 Å². The smallest absolute Gasteiger partial charge is 0.321 e. The summed E-state index contributed by atoms with van der Waals surface area (Å²) in [5.41, 5.74) is 7.36. The van der Waals surface area contributed by atoms with Crippen LogP contribution < -0.4 is 21.3 Å². The molecule has 0 radical (unpaired) electrons. The van der Waals surface area contributed by atoms with Crippen molar-refractivity contribution in [2.45, 2.75) is 25.3 Å². The molecule has 112 valence electrons. The van der Waals surface area contributed by atoms with Gasteiger partial charge in [-0.1, -0.05) is 6.07 Å². The van der Waals surface area contributed by atoms with Gasteiger partial charge in [-0.05, 0) is 37.5 Å². The highest BCUT2D eigenvalue weighted by Crippen LogP contribution is 2.26. The fourth-order valence-corrected chi connectivity index (χ4v) is 2.97. The molecule has 4 N–H and O–H groups in total. The van der Waals surface area contributed by atoms with E-state index in [1.54, 1.807) is 4.90 Å². The summed E-state index contributed by atoms with van der Waals surface area (Å²) in [6.45, 7) is 1.29. The predicted octanol–water partition coefficient (Wildman–Crippen LogP) is 1.28. The summed E-state index contributed by atoms with van der Waals surface area (Å²) in [7, 11) is 0. The van der Waals surface area contributed by atoms with Gasteiger partial charge in [0.1, 0.15) is 0 Å². The Morgan fingerprint density at radius 3 is 2.90 bits per heavy atom. The van der Waals surface area contributed by atoms with Gasteiger partial charge in [0.15, 0.2) is 0 Å². The van der Waals surface area contributed by atoms with Gasteiger partial charge < -0.3 is 16.4 Å². The molecule has 1 aliphatic heterocycles. The van der Waals surface area contributed by atoms with Gasteiger partial charge in [0.25, 0.3) is 0 Å². The van der Waals surface area contributed by atoms with Gasteiger partial charge in [-0.2, -0.15) is 0 Å². The molecule has 2 fully saturated rings. The van der Waals surface area contributed by atoms with Crippen LogP contribution in [0.5, 0.6) is 0 Å². The molecule has 2 atom stereocenters. The standard InChI is InChI=1S/C15H20N4O2/c16-11-5-4-10(8-11)14(20)18-12-2-1-3-13(9-12)19-7-6-17-15(19)21/h1-3,9-11H,4-8,16H2,(H,17,21)(H,18,20). The first-order valence-electron chi connectivity index (χ1n) is 7.35. The number of benzene rings is 1. The van der Waals surface area contributed by atoms with Crippen molar-refractivity contribution >= 4 is 23.3 Å². The number of urea groups is 1. The van der Waals surface area contributed by atoms with Crippen molar-refractivity contribution in [3.8, 4) is 0 Å². The van der Waals surface area contributed by atoms with Crippen molar-refractivity contribution < 1.29 is 9.59 Å². The molecule has 0 aromatic heterocycles. The van der Waals surface area contributed by atoms with Crippen LogP contribution in [-0.4, -0.2) is 31.1 Å². The Balaban J connectivity index is 1.68. The average molecular weight is 288 g/mol. The second-order valence-electron chi connectivity index (χ2n) is 5.69. The van der Waals surface area contributed by atoms with Crippen molar-refractivity contribution in [3.63, 3.8) is 0 Å². The number of rotatable bonds is 3. The second-order valence-corrected chi connectivity index (χ2v) is 5.69. The zero-order valence-electron chi connectivity index (χ0n) is 11.8. The summed E-state index contributed by atoms with van der Waals surface area (Å²) in [5, 5.41) is 5.69. The third kappa shape index (κ3) is 3.00. The van der Waals surface area contributed by atoms with Gasteiger partial charge in [-0.15, -0.1) is 0 Å². The minimum Gasteiger partial charge on any atom is -0.336 e. The Bertz CT molecular complexity index is 560. The lowest BCUT2D eigenvalue weighted by molar-refractivity contribution is -0.119. The summed E-state index contributed by atoms with van der Waals surface area (Å²) in [6.07, 6.45) is 2.51. The van der Waals surface area contributed by atoms with E-state index in [4.69, 9.17) is 5.73 Å². The van der Waals surface area contributed by atoms with Crippen LogP contribution in [0.2, 0.25) is 0 Å². The van der Waals surface area contributed by atoms with Crippen LogP contribution in [0.15, 0.2) is 24.3 Å². The number of anilines is 2. The maximum absolute atomic E-state index is 12.2. The number of carbonyl (C=O) groups is 2. The van der Waals surface area contributed by atoms with Gasteiger partial charge in [-0.25, -0.2) is 4.79 Å². The molecule has 0 bridgehead atoms. The molecule has 6 heteroatoms. The highest BCUT2D eigenvalue weighted by atomic mass is 16.2. The van der Waals surface area contributed by atoms with Crippen molar-refractivity contribution in [1.82, 2.24) is 5.32 Å². The first-order chi connectivity index (χ1) is 10.1. The highest BCUT2D eigenvalue weighted by molar-refractivity contribution is 5.96. The minimum atomic E-state index is -0.0970. The normalized spacial score (nSPS) is 25.0. The Morgan fingerprint density at radius 2 is 2.24 bits per heavy atom. The molecule has 1 aromatic carbocycles. The summed E-state index contributed by atoms with van der Waals surface area (Å²) in [5.74, 6) is 0.0183. The van der Waals surface area contributed by atoms with E-state index >= 15 is 0 Å². The average Bonchev–Trinajstić information content (AvgIpc) is 3.08. The Kier molecular flexibility index (Phi) is 3.79. The number of nitrogens with one attached hydrogen (secondary N) is 2. The minimum absolute atomic E-state index is 0.00117. The lowest BCUT2D eigenvalue weighted by atomic mass is 10.1. The molecular weight excluding hydrogens is 268 g/mol. The van der Waals surface area contributed by atoms with Crippen LogP contribution in [-0.2, 0) is 4.79 Å². The van der Waals surface area contributed by atoms with Gasteiger partial charge in [0, 0.05) is 36.4 Å². The number of hydrogen-bond acceptors (Lipinski definition) is 3. The Hall–Kier alpha value is -2.08. The number of nitrogens with two attached hydrogens (primary N) is 1. The molecule has 0 spiro atoms. The fourth-order valence-electron chi connectivity index (χ4n) is 2.97. The van der Waals surface area contributed by atoms with Gasteiger partial charge in [0.2, 0.25) is 5.91 Å². The number of nitrogens with zero attached hydrogens (tertiary/aromatic N) is 1. The molecule has 1 saturated heterocycles. The van der Waals surface area contributed by atoms with Crippen molar-refractivity contribution in [3.05, 3.63) is 24.3 Å². The van der Waals surface area contributed by atoms with E-state index in [-0.39, 0.29) is 23.9 Å². The maximum atomic E-state index is 12.2. The van der Waals surface area contributed by atoms with Crippen molar-refractivity contribution in [1.29, 1.82) is 0 Å². The zero-order chi connectivity index (χ0) is 14.8. The molecule has 3 amide bonds. The van der Waals surface area contributed by atoms with Crippen LogP contribution in [0.1, 0.15) is 19.3 Å². The quantitative estimate of drug-likeness (QED) is 0.783. The van der Waals surface area contributed by atoms with Crippen LogP contribution >= 0.6 is 0 Å². The summed E-state index contributed by atoms with van der Waals surface area (Å²) < 4.78 is 0. The SMILES string of the molecule is NC1CCC(C(=O)Nc2cccc(N3CCNC3=O)c2)C1. The molecule has 2 aliphatic rings. The van der Waals surface area contributed by atoms with E-state index < -0.39 is 0 Å². The van der Waals surface area contributed by atoms with Crippen molar-refractivity contribution in [2.24, 2.45) is 11.7 Å². The first kappa shape index (κ1) is 13.9. The molecule has 3 rings (SSSR count). The monoisotopic (exact) mass is 288 g/mol. The van der Waals surface area contributed by atoms with Crippen molar-refractivity contribution in [2.75, 3.05) is 23.3 Å². The number of carbonyl (C=O) groups excluding carboxylic acids is 2. The molecule has 1 saturated carbocycles. The van der Waals surface area contributed by atoms with Crippen LogP contribution in [0.25, 0.3) is 0 Å². The van der Waals surface area contributed by atoms with Gasteiger partial charge in [0.05, 0.1) is 0 Å². The third-order valence-electron chi connectivity index (χ3n) is 4.13. The molecule has 2 unspecified atom stereocenters. The summed E-state index contributed by atoms with van der Waals surface area (Å²) >= 11 is 0. The predicted molar refractivity (Wildman–Crippen MR) is 81.1 cm³/mol. The molecule has 21 heavy (non-hydrogen) atoms. The second kappa shape index (κ2) is 5.73. The molecule has 1 aliphatic carbocycles. The zero-order valence-corrected chi connectivity index (χ0v) is 11.8. The molecule has 1 aromatic rings. The van der Waals surface area contributed by atoms with Gasteiger partial charge >= 0.3 is 6.03 Å². The lowest BCUT2D eigenvalue weighted by Gasteiger charge is -2.16. The van der Waals surface area contributed by atoms with Crippen LogP contribution in [0.3, 0.4) is 0 Å². The van der Waals surface area contributed by atoms with Crippen LogP contribution in [0, 0.1) is 5.92 Å². The Labute approximate surface area is 123 Å². The number of hydrogen-bond donors (Lipinski definition) is 3. The summed E-state index contributed by atoms with van der Waals surface area (Å²) in [6, 6.07) is 7.42. The first-order valence-corrected chi connectivity index (χ1v) is 7.35. The lowest BCUT2D eigenvalue weighted by Crippen LogP contribution is -2.28. The fraction of sp³-hybridized carbons (Fsp3) is 0.467. The summed E-state index contributed by atoms with van der Waals surface area (Å²) in [4.78, 5) is 25.5. The maximum Gasteiger partial charge on any atom is 0.321 e. The highest BCUT2D eigenvalue weighted by Gasteiger charge is 2.28. The van der Waals surface area contributed by atoms with E-state index in [1.165, 1.54) is 0 Å². The van der Waals surface area contributed by atoms with E-state index in [0.29, 0.717) is 13.1 Å². The molecule has 1 heterocycles. The molecular formula is C15H20N4O2. The Morgan fingerprint density at radius 1 is 1.38 bits per heavy atom. The van der Waals surface area contributed by atoms with E-state index in [1.807, 2.05) is 24.3 Å². The third-order valence-corrected chi connectivity index (χ3v) is 4.13. The van der Waals surface area contributed by atoms with Crippen LogP contribution in [0.4, 0.5) is 16.2 Å². The number of amides is 3. The largest absolute Gasteiger partial charge is 0.336 e. The van der Waals surface area contributed by atoms with E-state index in [9.17, 15) is 9.59 Å². The van der Waals surface area contributed by atoms with E-state index in [2.05, 4.69) is 10.6 Å².